The van der Waals surface area contributed by atoms with Crippen LogP contribution in [0.25, 0.3) is 0 Å². The summed E-state index contributed by atoms with van der Waals surface area (Å²) < 4.78 is 2.09. The Morgan fingerprint density at radius 2 is 1.95 bits per heavy atom. The number of aliphatic hydroxyl groups excluding tert-OH is 1. The van der Waals surface area contributed by atoms with Gasteiger partial charge in [-0.3, -0.25) is 4.68 Å². The Bertz CT molecular complexity index is 474. The zero-order valence-corrected chi connectivity index (χ0v) is 12.2. The minimum atomic E-state index is -0.156. The van der Waals surface area contributed by atoms with E-state index < -0.39 is 0 Å². The molecule has 3 rings (SSSR count). The molecule has 4 heteroatoms. The fourth-order valence-electron chi connectivity index (χ4n) is 3.00. The first-order valence-electron chi connectivity index (χ1n) is 7.45. The smallest absolute Gasteiger partial charge is 0.0643 e. The Kier molecular flexibility index (Phi) is 3.18. The molecule has 2 N–H and O–H groups in total. The van der Waals surface area contributed by atoms with Gasteiger partial charge in [0.05, 0.1) is 24.4 Å². The maximum atomic E-state index is 9.99. The average molecular weight is 263 g/mol. The molecule has 2 fully saturated rings. The van der Waals surface area contributed by atoms with Crippen molar-refractivity contribution >= 4 is 0 Å². The summed E-state index contributed by atoms with van der Waals surface area (Å²) in [6.07, 6.45) is 4.98. The van der Waals surface area contributed by atoms with Crippen molar-refractivity contribution in [1.82, 2.24) is 15.1 Å². The van der Waals surface area contributed by atoms with Crippen molar-refractivity contribution in [3.8, 4) is 0 Å². The normalized spacial score (nSPS) is 22.5. The molecule has 2 aliphatic rings. The van der Waals surface area contributed by atoms with Gasteiger partial charge >= 0.3 is 0 Å². The first-order chi connectivity index (χ1) is 9.05. The van der Waals surface area contributed by atoms with E-state index in [2.05, 4.69) is 35.9 Å². The van der Waals surface area contributed by atoms with Crippen LogP contribution in [0, 0.1) is 26.7 Å². The van der Waals surface area contributed by atoms with Crippen LogP contribution in [0.4, 0.5) is 0 Å². The number of aromatic nitrogens is 2. The van der Waals surface area contributed by atoms with Crippen LogP contribution in [-0.4, -0.2) is 33.1 Å². The standard InChI is InChI=1S/C15H25N3O/c1-10-11(2)17-18(12(10)3)8-15(9-19,13-4-5-13)16-14-6-7-14/h13-14,16,19H,4-9H2,1-3H3. The van der Waals surface area contributed by atoms with Crippen molar-refractivity contribution in [3.63, 3.8) is 0 Å². The Morgan fingerprint density at radius 1 is 1.26 bits per heavy atom. The highest BCUT2D eigenvalue weighted by Crippen LogP contribution is 2.42. The molecule has 1 unspecified atom stereocenters. The van der Waals surface area contributed by atoms with Gasteiger partial charge in [-0.1, -0.05) is 0 Å². The summed E-state index contributed by atoms with van der Waals surface area (Å²) in [7, 11) is 0. The molecular weight excluding hydrogens is 238 g/mol. The van der Waals surface area contributed by atoms with Gasteiger partial charge in [-0.15, -0.1) is 0 Å². The van der Waals surface area contributed by atoms with Gasteiger partial charge in [0.2, 0.25) is 0 Å². The Labute approximate surface area is 115 Å². The van der Waals surface area contributed by atoms with E-state index in [0.717, 1.165) is 12.2 Å². The number of nitrogens with zero attached hydrogens (tertiary/aromatic N) is 2. The molecule has 2 saturated carbocycles. The number of hydrogen-bond donors (Lipinski definition) is 2. The van der Waals surface area contributed by atoms with Crippen LogP contribution < -0.4 is 5.32 Å². The van der Waals surface area contributed by atoms with E-state index in [1.165, 1.54) is 36.9 Å². The zero-order chi connectivity index (χ0) is 13.6. The van der Waals surface area contributed by atoms with Crippen molar-refractivity contribution < 1.29 is 5.11 Å². The highest BCUT2D eigenvalue weighted by Gasteiger charge is 2.48. The predicted octanol–water partition coefficient (Wildman–Crippen LogP) is 1.70. The van der Waals surface area contributed by atoms with E-state index in [1.807, 2.05) is 0 Å². The van der Waals surface area contributed by atoms with Gasteiger partial charge in [0.15, 0.2) is 0 Å². The minimum absolute atomic E-state index is 0.156. The Balaban J connectivity index is 1.85. The van der Waals surface area contributed by atoms with Gasteiger partial charge in [0.1, 0.15) is 0 Å². The molecule has 1 aromatic rings. The summed E-state index contributed by atoms with van der Waals surface area (Å²) in [5.41, 5.74) is 3.45. The van der Waals surface area contributed by atoms with E-state index >= 15 is 0 Å². The van der Waals surface area contributed by atoms with Crippen LogP contribution in [0.1, 0.15) is 42.6 Å². The van der Waals surface area contributed by atoms with Crippen molar-refractivity contribution in [2.45, 2.75) is 64.6 Å². The van der Waals surface area contributed by atoms with Crippen LogP contribution in [0.15, 0.2) is 0 Å². The number of aliphatic hydroxyl groups is 1. The molecule has 0 aromatic carbocycles. The SMILES string of the molecule is Cc1nn(CC(CO)(NC2CC2)C2CC2)c(C)c1C. The maximum Gasteiger partial charge on any atom is 0.0643 e. The van der Waals surface area contributed by atoms with Gasteiger partial charge in [0, 0.05) is 11.7 Å². The van der Waals surface area contributed by atoms with E-state index in [0.29, 0.717) is 12.0 Å². The third-order valence-corrected chi connectivity index (χ3v) is 4.89. The van der Waals surface area contributed by atoms with Crippen molar-refractivity contribution in [1.29, 1.82) is 0 Å². The van der Waals surface area contributed by atoms with Crippen molar-refractivity contribution in [2.24, 2.45) is 5.92 Å². The molecule has 2 aliphatic carbocycles. The topological polar surface area (TPSA) is 50.1 Å². The molecule has 0 amide bonds. The monoisotopic (exact) mass is 263 g/mol. The second kappa shape index (κ2) is 4.60. The molecule has 0 radical (unpaired) electrons. The summed E-state index contributed by atoms with van der Waals surface area (Å²) in [5, 5.41) is 18.3. The minimum Gasteiger partial charge on any atom is -0.394 e. The fourth-order valence-corrected chi connectivity index (χ4v) is 3.00. The van der Waals surface area contributed by atoms with E-state index in [9.17, 15) is 5.11 Å². The number of rotatable bonds is 6. The van der Waals surface area contributed by atoms with Crippen LogP contribution in [0.5, 0.6) is 0 Å². The van der Waals surface area contributed by atoms with Crippen molar-refractivity contribution in [2.75, 3.05) is 6.61 Å². The molecule has 0 aliphatic heterocycles. The lowest BCUT2D eigenvalue weighted by Crippen LogP contribution is -2.55. The quantitative estimate of drug-likeness (QED) is 0.821. The van der Waals surface area contributed by atoms with Crippen LogP contribution >= 0.6 is 0 Å². The van der Waals surface area contributed by atoms with Crippen molar-refractivity contribution in [3.05, 3.63) is 17.0 Å². The molecule has 0 bridgehead atoms. The lowest BCUT2D eigenvalue weighted by atomic mass is 9.93. The largest absolute Gasteiger partial charge is 0.394 e. The first kappa shape index (κ1) is 13.1. The van der Waals surface area contributed by atoms with Gasteiger partial charge in [-0.05, 0) is 57.9 Å². The molecule has 1 aromatic heterocycles. The molecule has 0 saturated heterocycles. The maximum absolute atomic E-state index is 9.99. The Morgan fingerprint density at radius 3 is 2.37 bits per heavy atom. The number of aryl methyl sites for hydroxylation is 1. The number of hydrogen-bond acceptors (Lipinski definition) is 3. The predicted molar refractivity (Wildman–Crippen MR) is 75.1 cm³/mol. The third kappa shape index (κ3) is 2.43. The summed E-state index contributed by atoms with van der Waals surface area (Å²) in [4.78, 5) is 0. The third-order valence-electron chi connectivity index (χ3n) is 4.89. The molecular formula is C15H25N3O. The summed E-state index contributed by atoms with van der Waals surface area (Å²) in [6, 6.07) is 0.616. The van der Waals surface area contributed by atoms with E-state index in [1.54, 1.807) is 0 Å². The highest BCUT2D eigenvalue weighted by atomic mass is 16.3. The van der Waals surface area contributed by atoms with Crippen LogP contribution in [0.3, 0.4) is 0 Å². The summed E-state index contributed by atoms with van der Waals surface area (Å²) in [5.74, 6) is 0.613. The van der Waals surface area contributed by atoms with Gasteiger partial charge in [0.25, 0.3) is 0 Å². The van der Waals surface area contributed by atoms with Gasteiger partial charge < -0.3 is 10.4 Å². The lowest BCUT2D eigenvalue weighted by molar-refractivity contribution is 0.115. The molecule has 106 valence electrons. The van der Waals surface area contributed by atoms with E-state index in [-0.39, 0.29) is 12.1 Å². The summed E-state index contributed by atoms with van der Waals surface area (Å²) in [6.45, 7) is 7.32. The second-order valence-electron chi connectivity index (χ2n) is 6.46. The molecule has 1 atom stereocenters. The van der Waals surface area contributed by atoms with Gasteiger partial charge in [-0.25, -0.2) is 0 Å². The molecule has 4 nitrogen and oxygen atoms in total. The van der Waals surface area contributed by atoms with E-state index in [4.69, 9.17) is 0 Å². The molecule has 1 heterocycles. The second-order valence-corrected chi connectivity index (χ2v) is 6.46. The van der Waals surface area contributed by atoms with Crippen LogP contribution in [-0.2, 0) is 6.54 Å². The van der Waals surface area contributed by atoms with Crippen LogP contribution in [0.2, 0.25) is 0 Å². The lowest BCUT2D eigenvalue weighted by Gasteiger charge is -2.34. The average Bonchev–Trinajstić information content (AvgIpc) is 3.26. The molecule has 19 heavy (non-hydrogen) atoms. The highest BCUT2D eigenvalue weighted by molar-refractivity contribution is 5.22. The number of nitrogens with one attached hydrogen (secondary N) is 1. The first-order valence-corrected chi connectivity index (χ1v) is 7.45. The fraction of sp³-hybridized carbons (Fsp3) is 0.800. The Hall–Kier alpha value is -0.870. The molecule has 0 spiro atoms. The zero-order valence-electron chi connectivity index (χ0n) is 12.2. The van der Waals surface area contributed by atoms with Gasteiger partial charge in [-0.2, -0.15) is 5.10 Å². The summed E-state index contributed by atoms with van der Waals surface area (Å²) >= 11 is 0.